The summed E-state index contributed by atoms with van der Waals surface area (Å²) in [6.45, 7) is 3.56. The summed E-state index contributed by atoms with van der Waals surface area (Å²) in [4.78, 5) is 25.5. The summed E-state index contributed by atoms with van der Waals surface area (Å²) >= 11 is 0. The van der Waals surface area contributed by atoms with Crippen molar-refractivity contribution < 1.29 is 14.3 Å². The van der Waals surface area contributed by atoms with Gasteiger partial charge in [-0.05, 0) is 51.1 Å². The van der Waals surface area contributed by atoms with Crippen molar-refractivity contribution in [3.8, 4) is 0 Å². The predicted molar refractivity (Wildman–Crippen MR) is 76.1 cm³/mol. The molecule has 5 nitrogen and oxygen atoms in total. The molecular formula is C15H26N2O3. The van der Waals surface area contributed by atoms with Crippen LogP contribution in [0.25, 0.3) is 0 Å². The third-order valence-corrected chi connectivity index (χ3v) is 4.55. The molecule has 2 rings (SSSR count). The van der Waals surface area contributed by atoms with Gasteiger partial charge in [-0.15, -0.1) is 0 Å². The van der Waals surface area contributed by atoms with E-state index in [1.165, 1.54) is 20.0 Å². The first-order valence-corrected chi connectivity index (χ1v) is 7.77. The molecule has 2 saturated heterocycles. The number of methoxy groups -OCH3 is 1. The van der Waals surface area contributed by atoms with E-state index in [0.717, 1.165) is 32.4 Å². The lowest BCUT2D eigenvalue weighted by Gasteiger charge is -2.31. The summed E-state index contributed by atoms with van der Waals surface area (Å²) in [5, 5.41) is 3.39. The topological polar surface area (TPSA) is 58.6 Å². The van der Waals surface area contributed by atoms with Gasteiger partial charge in [-0.1, -0.05) is 0 Å². The fraction of sp³-hybridized carbons (Fsp3) is 0.867. The largest absolute Gasteiger partial charge is 0.469 e. The fourth-order valence-electron chi connectivity index (χ4n) is 3.19. The Kier molecular flexibility index (Phi) is 5.83. The SMILES string of the molecule is COC(=O)C1CCN(C(=O)CCC2CCCNC2)CC1. The molecule has 2 aliphatic rings. The van der Waals surface area contributed by atoms with Gasteiger partial charge in [0.2, 0.25) is 5.91 Å². The van der Waals surface area contributed by atoms with Gasteiger partial charge in [0.1, 0.15) is 0 Å². The van der Waals surface area contributed by atoms with E-state index < -0.39 is 0 Å². The first-order valence-electron chi connectivity index (χ1n) is 7.77. The lowest BCUT2D eigenvalue weighted by molar-refractivity contribution is -0.148. The molecule has 0 bridgehead atoms. The van der Waals surface area contributed by atoms with Crippen LogP contribution in [0.1, 0.15) is 38.5 Å². The summed E-state index contributed by atoms with van der Waals surface area (Å²) in [5.41, 5.74) is 0. The fourth-order valence-corrected chi connectivity index (χ4v) is 3.19. The number of carbonyl (C=O) groups excluding carboxylic acids is 2. The molecule has 5 heteroatoms. The molecule has 2 heterocycles. The summed E-state index contributed by atoms with van der Waals surface area (Å²) in [6.07, 6.45) is 5.58. The number of ether oxygens (including phenoxy) is 1. The molecule has 0 aromatic heterocycles. The highest BCUT2D eigenvalue weighted by molar-refractivity contribution is 5.77. The number of hydrogen-bond donors (Lipinski definition) is 1. The van der Waals surface area contributed by atoms with E-state index in [0.29, 0.717) is 25.4 Å². The summed E-state index contributed by atoms with van der Waals surface area (Å²) in [7, 11) is 1.43. The lowest BCUT2D eigenvalue weighted by atomic mass is 9.93. The number of hydrogen-bond acceptors (Lipinski definition) is 4. The average molecular weight is 282 g/mol. The van der Waals surface area contributed by atoms with Crippen LogP contribution in [0.2, 0.25) is 0 Å². The molecule has 0 aliphatic carbocycles. The highest BCUT2D eigenvalue weighted by Gasteiger charge is 2.28. The second kappa shape index (κ2) is 7.62. The molecule has 2 fully saturated rings. The summed E-state index contributed by atoms with van der Waals surface area (Å²) in [6, 6.07) is 0. The Balaban J connectivity index is 1.67. The van der Waals surface area contributed by atoms with Crippen LogP contribution in [-0.2, 0) is 14.3 Å². The van der Waals surface area contributed by atoms with E-state index >= 15 is 0 Å². The molecule has 0 spiro atoms. The minimum atomic E-state index is -0.134. The lowest BCUT2D eigenvalue weighted by Crippen LogP contribution is -2.40. The highest BCUT2D eigenvalue weighted by Crippen LogP contribution is 2.21. The predicted octanol–water partition coefficient (Wildman–Crippen LogP) is 1.18. The van der Waals surface area contributed by atoms with Gasteiger partial charge < -0.3 is 15.0 Å². The van der Waals surface area contributed by atoms with Crippen LogP contribution in [-0.4, -0.2) is 50.1 Å². The maximum atomic E-state index is 12.2. The van der Waals surface area contributed by atoms with Crippen LogP contribution < -0.4 is 5.32 Å². The van der Waals surface area contributed by atoms with Gasteiger partial charge in [0, 0.05) is 19.5 Å². The van der Waals surface area contributed by atoms with Crippen LogP contribution in [0.3, 0.4) is 0 Å². The van der Waals surface area contributed by atoms with Gasteiger partial charge in [-0.25, -0.2) is 0 Å². The van der Waals surface area contributed by atoms with E-state index in [-0.39, 0.29) is 17.8 Å². The Morgan fingerprint density at radius 1 is 1.25 bits per heavy atom. The van der Waals surface area contributed by atoms with Crippen LogP contribution in [0, 0.1) is 11.8 Å². The first-order chi connectivity index (χ1) is 9.70. The van der Waals surface area contributed by atoms with Crippen molar-refractivity contribution in [2.45, 2.75) is 38.5 Å². The Morgan fingerprint density at radius 2 is 2.00 bits per heavy atom. The molecule has 0 aromatic carbocycles. The second-order valence-corrected chi connectivity index (χ2v) is 5.93. The van der Waals surface area contributed by atoms with Gasteiger partial charge in [0.05, 0.1) is 13.0 Å². The maximum absolute atomic E-state index is 12.2. The number of carbonyl (C=O) groups is 2. The van der Waals surface area contributed by atoms with Crippen LogP contribution >= 0.6 is 0 Å². The normalized spacial score (nSPS) is 24.4. The van der Waals surface area contributed by atoms with Crippen molar-refractivity contribution in [3.63, 3.8) is 0 Å². The number of amides is 1. The average Bonchev–Trinajstić information content (AvgIpc) is 2.53. The molecule has 2 aliphatic heterocycles. The van der Waals surface area contributed by atoms with Crippen molar-refractivity contribution in [1.29, 1.82) is 0 Å². The van der Waals surface area contributed by atoms with Gasteiger partial charge in [0.25, 0.3) is 0 Å². The number of rotatable bonds is 4. The highest BCUT2D eigenvalue weighted by atomic mass is 16.5. The number of esters is 1. The van der Waals surface area contributed by atoms with Gasteiger partial charge in [0.15, 0.2) is 0 Å². The zero-order chi connectivity index (χ0) is 14.4. The molecular weight excluding hydrogens is 256 g/mol. The van der Waals surface area contributed by atoms with Gasteiger partial charge in [-0.2, -0.15) is 0 Å². The molecule has 0 saturated carbocycles. The standard InChI is InChI=1S/C15H26N2O3/c1-20-15(19)13-6-9-17(10-7-13)14(18)5-4-12-3-2-8-16-11-12/h12-13,16H,2-11H2,1H3. The van der Waals surface area contributed by atoms with Crippen LogP contribution in [0.15, 0.2) is 0 Å². The van der Waals surface area contributed by atoms with Crippen molar-refractivity contribution >= 4 is 11.9 Å². The van der Waals surface area contributed by atoms with Gasteiger partial charge in [-0.3, -0.25) is 9.59 Å². The molecule has 1 amide bonds. The molecule has 1 N–H and O–H groups in total. The second-order valence-electron chi connectivity index (χ2n) is 5.93. The zero-order valence-electron chi connectivity index (χ0n) is 12.4. The quantitative estimate of drug-likeness (QED) is 0.787. The molecule has 20 heavy (non-hydrogen) atoms. The Labute approximate surface area is 121 Å². The summed E-state index contributed by atoms with van der Waals surface area (Å²) < 4.78 is 4.76. The Morgan fingerprint density at radius 3 is 2.60 bits per heavy atom. The molecule has 114 valence electrons. The number of nitrogens with one attached hydrogen (secondary N) is 1. The molecule has 0 radical (unpaired) electrons. The van der Waals surface area contributed by atoms with E-state index in [2.05, 4.69) is 5.32 Å². The molecule has 0 aromatic rings. The smallest absolute Gasteiger partial charge is 0.308 e. The monoisotopic (exact) mass is 282 g/mol. The van der Waals surface area contributed by atoms with E-state index in [4.69, 9.17) is 4.74 Å². The zero-order valence-corrected chi connectivity index (χ0v) is 12.4. The number of likely N-dealkylation sites (tertiary alicyclic amines) is 1. The van der Waals surface area contributed by atoms with Crippen molar-refractivity contribution in [2.75, 3.05) is 33.3 Å². The minimum absolute atomic E-state index is 0.0217. The van der Waals surface area contributed by atoms with E-state index in [9.17, 15) is 9.59 Å². The number of nitrogens with zero attached hydrogens (tertiary/aromatic N) is 1. The Bertz CT molecular complexity index is 332. The third kappa shape index (κ3) is 4.20. The number of piperidine rings is 2. The van der Waals surface area contributed by atoms with Crippen molar-refractivity contribution in [3.05, 3.63) is 0 Å². The van der Waals surface area contributed by atoms with E-state index in [1.807, 2.05) is 4.90 Å². The minimum Gasteiger partial charge on any atom is -0.469 e. The van der Waals surface area contributed by atoms with Crippen LogP contribution in [0.5, 0.6) is 0 Å². The van der Waals surface area contributed by atoms with Crippen LogP contribution in [0.4, 0.5) is 0 Å². The molecule has 1 atom stereocenters. The third-order valence-electron chi connectivity index (χ3n) is 4.55. The van der Waals surface area contributed by atoms with Crippen molar-refractivity contribution in [2.24, 2.45) is 11.8 Å². The van der Waals surface area contributed by atoms with Crippen molar-refractivity contribution in [1.82, 2.24) is 10.2 Å². The van der Waals surface area contributed by atoms with E-state index in [1.54, 1.807) is 0 Å². The first kappa shape index (κ1) is 15.3. The summed E-state index contributed by atoms with van der Waals surface area (Å²) in [5.74, 6) is 0.746. The maximum Gasteiger partial charge on any atom is 0.308 e. The van der Waals surface area contributed by atoms with Gasteiger partial charge >= 0.3 is 5.97 Å². The molecule has 1 unspecified atom stereocenters. The Hall–Kier alpha value is -1.10.